The second kappa shape index (κ2) is 7.75. The maximum atomic E-state index is 14.7. The van der Waals surface area contributed by atoms with Gasteiger partial charge in [-0.1, -0.05) is 29.8 Å². The van der Waals surface area contributed by atoms with Crippen molar-refractivity contribution in [1.29, 1.82) is 0 Å². The van der Waals surface area contributed by atoms with Crippen LogP contribution in [0.5, 0.6) is 5.75 Å². The van der Waals surface area contributed by atoms with Crippen LogP contribution in [-0.4, -0.2) is 21.0 Å². The van der Waals surface area contributed by atoms with Crippen LogP contribution in [0.2, 0.25) is 5.15 Å². The Hall–Kier alpha value is -3.06. The highest BCUT2D eigenvalue weighted by atomic mass is 35.5. The predicted molar refractivity (Wildman–Crippen MR) is 104 cm³/mol. The number of fused-ring (bicyclic) bond motifs is 1. The van der Waals surface area contributed by atoms with Crippen molar-refractivity contribution in [3.8, 4) is 16.9 Å². The van der Waals surface area contributed by atoms with Crippen molar-refractivity contribution in [2.45, 2.75) is 20.0 Å². The summed E-state index contributed by atoms with van der Waals surface area (Å²) in [6.07, 6.45) is 3.41. The minimum absolute atomic E-state index is 0.0982. The van der Waals surface area contributed by atoms with Crippen molar-refractivity contribution in [2.75, 3.05) is 0 Å². The van der Waals surface area contributed by atoms with Gasteiger partial charge in [0.1, 0.15) is 22.4 Å². The summed E-state index contributed by atoms with van der Waals surface area (Å²) in [4.78, 5) is 8.40. The van der Waals surface area contributed by atoms with Crippen molar-refractivity contribution in [3.63, 3.8) is 0 Å². The monoisotopic (exact) mass is 417 g/mol. The van der Waals surface area contributed by atoms with E-state index in [1.54, 1.807) is 47.9 Å². The summed E-state index contributed by atoms with van der Waals surface area (Å²) in [6, 6.07) is 11.2. The molecule has 0 fully saturated rings. The van der Waals surface area contributed by atoms with Gasteiger partial charge in [-0.2, -0.15) is 8.78 Å². The zero-order valence-corrected chi connectivity index (χ0v) is 16.0. The van der Waals surface area contributed by atoms with Crippen LogP contribution < -0.4 is 4.74 Å². The Balaban J connectivity index is 1.81. The quantitative estimate of drug-likeness (QED) is 0.392. The number of rotatable bonds is 5. The van der Waals surface area contributed by atoms with E-state index in [4.69, 9.17) is 11.6 Å². The van der Waals surface area contributed by atoms with Crippen LogP contribution in [-0.2, 0) is 6.42 Å². The van der Waals surface area contributed by atoms with Gasteiger partial charge in [0.2, 0.25) is 0 Å². The summed E-state index contributed by atoms with van der Waals surface area (Å²) in [5.74, 6) is -0.347. The molecule has 0 aliphatic carbocycles. The Labute approximate surface area is 169 Å². The molecule has 1 aromatic carbocycles. The first-order valence-electron chi connectivity index (χ1n) is 8.74. The van der Waals surface area contributed by atoms with E-state index < -0.39 is 12.4 Å². The molecular formula is C21H15ClF3N3O. The van der Waals surface area contributed by atoms with Crippen LogP contribution in [0.4, 0.5) is 13.2 Å². The molecule has 0 amide bonds. The number of hydrogen-bond acceptors (Lipinski definition) is 3. The highest BCUT2D eigenvalue weighted by molar-refractivity contribution is 6.29. The van der Waals surface area contributed by atoms with E-state index in [0.29, 0.717) is 39.6 Å². The van der Waals surface area contributed by atoms with E-state index in [1.165, 1.54) is 18.3 Å². The first kappa shape index (κ1) is 19.3. The Bertz CT molecular complexity index is 1180. The van der Waals surface area contributed by atoms with Gasteiger partial charge in [-0.05, 0) is 25.1 Å². The zero-order valence-electron chi connectivity index (χ0n) is 15.2. The fraction of sp³-hybridized carbons (Fsp3) is 0.143. The molecule has 0 unspecified atom stereocenters. The molecule has 4 rings (SSSR count). The fourth-order valence-electron chi connectivity index (χ4n) is 3.23. The first-order chi connectivity index (χ1) is 13.9. The van der Waals surface area contributed by atoms with Gasteiger partial charge in [0.15, 0.2) is 0 Å². The Morgan fingerprint density at radius 3 is 2.69 bits per heavy atom. The van der Waals surface area contributed by atoms with Crippen LogP contribution in [0.15, 0.2) is 54.9 Å². The number of alkyl halides is 2. The van der Waals surface area contributed by atoms with Crippen LogP contribution >= 0.6 is 11.6 Å². The molecule has 29 heavy (non-hydrogen) atoms. The average Bonchev–Trinajstić information content (AvgIpc) is 2.97. The summed E-state index contributed by atoms with van der Waals surface area (Å²) in [5.41, 5.74) is 3.31. The van der Waals surface area contributed by atoms with Crippen LogP contribution in [0.25, 0.3) is 16.8 Å². The largest absolute Gasteiger partial charge is 0.435 e. The molecule has 148 valence electrons. The number of aromatic nitrogens is 3. The molecule has 4 nitrogen and oxygen atoms in total. The summed E-state index contributed by atoms with van der Waals surface area (Å²) in [5, 5.41) is 0.310. The Morgan fingerprint density at radius 2 is 1.97 bits per heavy atom. The van der Waals surface area contributed by atoms with Crippen LogP contribution in [0, 0.1) is 12.7 Å². The molecule has 3 aromatic heterocycles. The van der Waals surface area contributed by atoms with Crippen molar-refractivity contribution in [1.82, 2.24) is 14.4 Å². The summed E-state index contributed by atoms with van der Waals surface area (Å²) >= 11 is 5.82. The van der Waals surface area contributed by atoms with E-state index in [0.717, 1.165) is 5.69 Å². The molecule has 0 atom stereocenters. The van der Waals surface area contributed by atoms with E-state index in [-0.39, 0.29) is 5.75 Å². The molecule has 0 N–H and O–H groups in total. The van der Waals surface area contributed by atoms with Gasteiger partial charge in [0.25, 0.3) is 0 Å². The van der Waals surface area contributed by atoms with Gasteiger partial charge in [-0.25, -0.2) is 14.4 Å². The first-order valence-corrected chi connectivity index (χ1v) is 9.12. The lowest BCUT2D eigenvalue weighted by molar-refractivity contribution is -0.0503. The molecule has 0 spiro atoms. The van der Waals surface area contributed by atoms with Gasteiger partial charge >= 0.3 is 6.61 Å². The topological polar surface area (TPSA) is 39.4 Å². The Morgan fingerprint density at radius 1 is 1.17 bits per heavy atom. The minimum atomic E-state index is -2.92. The van der Waals surface area contributed by atoms with E-state index >= 15 is 0 Å². The highest BCUT2D eigenvalue weighted by Crippen LogP contribution is 2.28. The molecule has 0 bridgehead atoms. The number of aryl methyl sites for hydroxylation is 1. The third-order valence-corrected chi connectivity index (χ3v) is 4.82. The van der Waals surface area contributed by atoms with Gasteiger partial charge in [0, 0.05) is 47.3 Å². The zero-order chi connectivity index (χ0) is 20.5. The molecule has 0 saturated carbocycles. The lowest BCUT2D eigenvalue weighted by Gasteiger charge is -2.12. The number of pyridine rings is 2. The standard InChI is InChI=1S/C21H15ClF3N3O/c1-12-17(8-13-4-2-3-5-18(13)29-21(24)25)28-11-15(16(23)9-20(28)27-12)14-6-7-19(22)26-10-14/h2-7,9-11,21H,8H2,1H3. The minimum Gasteiger partial charge on any atom is -0.435 e. The molecule has 3 heterocycles. The molecule has 0 radical (unpaired) electrons. The van der Waals surface area contributed by atoms with Crippen molar-refractivity contribution >= 4 is 17.2 Å². The molecule has 0 saturated heterocycles. The lowest BCUT2D eigenvalue weighted by atomic mass is 10.1. The number of imidazole rings is 1. The second-order valence-corrected chi connectivity index (χ2v) is 6.83. The molecule has 8 heteroatoms. The number of para-hydroxylation sites is 1. The number of halogens is 4. The fourth-order valence-corrected chi connectivity index (χ4v) is 3.34. The van der Waals surface area contributed by atoms with E-state index in [9.17, 15) is 13.2 Å². The predicted octanol–water partition coefficient (Wildman–Crippen LogP) is 5.69. The van der Waals surface area contributed by atoms with Crippen molar-refractivity contribution in [2.24, 2.45) is 0 Å². The van der Waals surface area contributed by atoms with Gasteiger partial charge in [-0.3, -0.25) is 0 Å². The van der Waals surface area contributed by atoms with E-state index in [2.05, 4.69) is 14.7 Å². The van der Waals surface area contributed by atoms with Crippen molar-refractivity contribution in [3.05, 3.63) is 82.8 Å². The van der Waals surface area contributed by atoms with Crippen LogP contribution in [0.1, 0.15) is 17.0 Å². The number of hydrogen-bond donors (Lipinski definition) is 0. The van der Waals surface area contributed by atoms with Crippen LogP contribution in [0.3, 0.4) is 0 Å². The molecule has 0 aliphatic rings. The summed E-state index contributed by atoms with van der Waals surface area (Å²) < 4.78 is 46.5. The maximum Gasteiger partial charge on any atom is 0.387 e. The van der Waals surface area contributed by atoms with Gasteiger partial charge < -0.3 is 9.14 Å². The van der Waals surface area contributed by atoms with Crippen molar-refractivity contribution < 1.29 is 17.9 Å². The number of nitrogens with zero attached hydrogens (tertiary/aromatic N) is 3. The smallest absolute Gasteiger partial charge is 0.387 e. The highest BCUT2D eigenvalue weighted by Gasteiger charge is 2.17. The maximum absolute atomic E-state index is 14.7. The molecular weight excluding hydrogens is 403 g/mol. The number of benzene rings is 1. The second-order valence-electron chi connectivity index (χ2n) is 6.44. The van der Waals surface area contributed by atoms with Gasteiger partial charge in [0.05, 0.1) is 5.69 Å². The summed E-state index contributed by atoms with van der Waals surface area (Å²) in [7, 11) is 0. The molecule has 0 aliphatic heterocycles. The summed E-state index contributed by atoms with van der Waals surface area (Å²) in [6.45, 7) is -1.13. The number of ether oxygens (including phenoxy) is 1. The molecule has 4 aromatic rings. The lowest BCUT2D eigenvalue weighted by Crippen LogP contribution is -2.06. The van der Waals surface area contributed by atoms with Gasteiger partial charge in [-0.15, -0.1) is 0 Å². The third-order valence-electron chi connectivity index (χ3n) is 4.59. The third kappa shape index (κ3) is 3.91. The SMILES string of the molecule is Cc1nc2cc(F)c(-c3ccc(Cl)nc3)cn2c1Cc1ccccc1OC(F)F. The average molecular weight is 418 g/mol. The van der Waals surface area contributed by atoms with E-state index in [1.807, 2.05) is 0 Å². The normalized spacial score (nSPS) is 11.4. The Kier molecular flexibility index (Phi) is 5.15.